The van der Waals surface area contributed by atoms with E-state index in [9.17, 15) is 4.79 Å². The molecule has 0 saturated heterocycles. The summed E-state index contributed by atoms with van der Waals surface area (Å²) in [5.41, 5.74) is 3.52. The van der Waals surface area contributed by atoms with Crippen LogP contribution in [0.5, 0.6) is 0 Å². The number of nitrogens with one attached hydrogen (secondary N) is 3. The van der Waals surface area contributed by atoms with Gasteiger partial charge in [-0.3, -0.25) is 5.10 Å². The number of amides is 2. The first-order chi connectivity index (χ1) is 11.6. The molecule has 1 aromatic carbocycles. The summed E-state index contributed by atoms with van der Waals surface area (Å²) in [6, 6.07) is 9.06. The van der Waals surface area contributed by atoms with Gasteiger partial charge in [0, 0.05) is 23.8 Å². The van der Waals surface area contributed by atoms with Gasteiger partial charge in [0.25, 0.3) is 0 Å². The van der Waals surface area contributed by atoms with E-state index in [2.05, 4.69) is 31.1 Å². The van der Waals surface area contributed by atoms with E-state index >= 15 is 0 Å². The lowest BCUT2D eigenvalue weighted by Crippen LogP contribution is -2.37. The lowest BCUT2D eigenvalue weighted by atomic mass is 10.2. The lowest BCUT2D eigenvalue weighted by molar-refractivity contribution is 0.249. The fraction of sp³-hybridized carbons (Fsp3) is 0.250. The molecule has 24 heavy (non-hydrogen) atoms. The van der Waals surface area contributed by atoms with E-state index in [4.69, 9.17) is 0 Å². The van der Waals surface area contributed by atoms with Gasteiger partial charge in [0.2, 0.25) is 0 Å². The normalized spacial score (nSPS) is 11.9. The Bertz CT molecular complexity index is 792. The molecular weight excluding hydrogens is 306 g/mol. The number of hydrogen-bond donors (Lipinski definition) is 3. The second-order valence-corrected chi connectivity index (χ2v) is 5.64. The summed E-state index contributed by atoms with van der Waals surface area (Å²) in [5.74, 6) is 0. The van der Waals surface area contributed by atoms with Crippen molar-refractivity contribution >= 4 is 11.7 Å². The Morgan fingerprint density at radius 3 is 2.75 bits per heavy atom. The molecular formula is C16H19N7O. The molecule has 0 aliphatic carbocycles. The van der Waals surface area contributed by atoms with Crippen LogP contribution >= 0.6 is 0 Å². The molecule has 3 N–H and O–H groups in total. The summed E-state index contributed by atoms with van der Waals surface area (Å²) in [4.78, 5) is 12.1. The summed E-state index contributed by atoms with van der Waals surface area (Å²) < 4.78 is 1.65. The summed E-state index contributed by atoms with van der Waals surface area (Å²) in [6.07, 6.45) is 4.04. The van der Waals surface area contributed by atoms with Crippen molar-refractivity contribution in [2.24, 2.45) is 0 Å². The molecule has 0 aliphatic heterocycles. The quantitative estimate of drug-likeness (QED) is 0.668. The highest BCUT2D eigenvalue weighted by molar-refractivity contribution is 5.89. The highest BCUT2D eigenvalue weighted by atomic mass is 16.2. The third kappa shape index (κ3) is 3.97. The Balaban J connectivity index is 1.52. The Hall–Kier alpha value is -3.16. The van der Waals surface area contributed by atoms with E-state index in [0.717, 1.165) is 17.1 Å². The zero-order valence-corrected chi connectivity index (χ0v) is 13.5. The molecule has 2 aromatic heterocycles. The van der Waals surface area contributed by atoms with Gasteiger partial charge in [0.15, 0.2) is 0 Å². The molecule has 8 nitrogen and oxygen atoms in total. The summed E-state index contributed by atoms with van der Waals surface area (Å²) in [6.45, 7) is 3.89. The van der Waals surface area contributed by atoms with E-state index in [1.165, 1.54) is 0 Å². The number of carbonyl (C=O) groups is 1. The maximum absolute atomic E-state index is 12.1. The Morgan fingerprint density at radius 2 is 2.12 bits per heavy atom. The van der Waals surface area contributed by atoms with Crippen LogP contribution in [0.2, 0.25) is 0 Å². The van der Waals surface area contributed by atoms with Crippen molar-refractivity contribution < 1.29 is 4.79 Å². The minimum Gasteiger partial charge on any atom is -0.335 e. The van der Waals surface area contributed by atoms with Gasteiger partial charge in [0.05, 0.1) is 23.8 Å². The highest BCUT2D eigenvalue weighted by Gasteiger charge is 2.10. The SMILES string of the molecule is Cc1cc(C[C@@H](C)NC(=O)Nc2ccc(-n3ccnn3)cc2)n[nH]1. The average molecular weight is 325 g/mol. The molecule has 124 valence electrons. The summed E-state index contributed by atoms with van der Waals surface area (Å²) in [5, 5.41) is 20.5. The number of urea groups is 1. The van der Waals surface area contributed by atoms with Crippen molar-refractivity contribution in [3.63, 3.8) is 0 Å². The number of carbonyl (C=O) groups excluding carboxylic acids is 1. The van der Waals surface area contributed by atoms with Crippen molar-refractivity contribution in [2.45, 2.75) is 26.3 Å². The largest absolute Gasteiger partial charge is 0.335 e. The third-order valence-corrected chi connectivity index (χ3v) is 3.46. The van der Waals surface area contributed by atoms with Crippen LogP contribution in [0.25, 0.3) is 5.69 Å². The molecule has 2 amide bonds. The fourth-order valence-corrected chi connectivity index (χ4v) is 2.38. The Morgan fingerprint density at radius 1 is 1.33 bits per heavy atom. The number of benzene rings is 1. The fourth-order valence-electron chi connectivity index (χ4n) is 2.38. The first kappa shape index (κ1) is 15.7. The van der Waals surface area contributed by atoms with Gasteiger partial charge in [-0.25, -0.2) is 9.48 Å². The van der Waals surface area contributed by atoms with E-state index in [0.29, 0.717) is 12.1 Å². The first-order valence-corrected chi connectivity index (χ1v) is 7.65. The van der Waals surface area contributed by atoms with Crippen LogP contribution in [0, 0.1) is 6.92 Å². The minimum absolute atomic E-state index is 0.0258. The van der Waals surface area contributed by atoms with E-state index in [-0.39, 0.29) is 12.1 Å². The van der Waals surface area contributed by atoms with Crippen LogP contribution in [-0.2, 0) is 6.42 Å². The number of nitrogens with zero attached hydrogens (tertiary/aromatic N) is 4. The van der Waals surface area contributed by atoms with Gasteiger partial charge in [-0.2, -0.15) is 5.10 Å². The molecule has 0 saturated carbocycles. The van der Waals surface area contributed by atoms with Gasteiger partial charge in [-0.1, -0.05) is 5.21 Å². The van der Waals surface area contributed by atoms with E-state index in [1.807, 2.05) is 44.2 Å². The smallest absolute Gasteiger partial charge is 0.319 e. The van der Waals surface area contributed by atoms with Crippen molar-refractivity contribution in [3.05, 3.63) is 54.1 Å². The zero-order valence-electron chi connectivity index (χ0n) is 13.5. The van der Waals surface area contributed by atoms with Crippen LogP contribution in [0.1, 0.15) is 18.3 Å². The van der Waals surface area contributed by atoms with Crippen molar-refractivity contribution in [2.75, 3.05) is 5.32 Å². The van der Waals surface area contributed by atoms with Crippen LogP contribution in [0.15, 0.2) is 42.7 Å². The monoisotopic (exact) mass is 325 g/mol. The predicted molar refractivity (Wildman–Crippen MR) is 90.0 cm³/mol. The molecule has 3 aromatic rings. The molecule has 0 radical (unpaired) electrons. The standard InChI is InChI=1S/C16H19N7O/c1-11(9-14-10-12(2)20-21-14)18-16(24)19-13-3-5-15(6-4-13)23-8-7-17-22-23/h3-8,10-11H,9H2,1-2H3,(H,20,21)(H2,18,19,24)/t11-/m1/s1. The second kappa shape index (κ2) is 6.95. The summed E-state index contributed by atoms with van der Waals surface area (Å²) in [7, 11) is 0. The zero-order chi connectivity index (χ0) is 16.9. The molecule has 1 atom stereocenters. The van der Waals surface area contributed by atoms with E-state index in [1.54, 1.807) is 17.1 Å². The predicted octanol–water partition coefficient (Wildman–Crippen LogP) is 2.05. The molecule has 2 heterocycles. The molecule has 0 unspecified atom stereocenters. The maximum Gasteiger partial charge on any atom is 0.319 e. The number of anilines is 1. The van der Waals surface area contributed by atoms with Gasteiger partial charge in [-0.05, 0) is 44.2 Å². The van der Waals surface area contributed by atoms with Crippen molar-refractivity contribution in [1.82, 2.24) is 30.5 Å². The van der Waals surface area contributed by atoms with Gasteiger partial charge < -0.3 is 10.6 Å². The minimum atomic E-state index is -0.247. The number of hydrogen-bond acceptors (Lipinski definition) is 4. The second-order valence-electron chi connectivity index (χ2n) is 5.64. The van der Waals surface area contributed by atoms with Gasteiger partial charge in [-0.15, -0.1) is 5.10 Å². The Kier molecular flexibility index (Phi) is 4.55. The van der Waals surface area contributed by atoms with Gasteiger partial charge >= 0.3 is 6.03 Å². The van der Waals surface area contributed by atoms with Crippen LogP contribution < -0.4 is 10.6 Å². The average Bonchev–Trinajstić information content (AvgIpc) is 3.20. The number of aromatic nitrogens is 5. The summed E-state index contributed by atoms with van der Waals surface area (Å²) >= 11 is 0. The number of rotatable bonds is 5. The molecule has 3 rings (SSSR count). The van der Waals surface area contributed by atoms with Gasteiger partial charge in [0.1, 0.15) is 0 Å². The third-order valence-electron chi connectivity index (χ3n) is 3.46. The molecule has 0 aliphatic rings. The van der Waals surface area contributed by atoms with Crippen LogP contribution in [0.4, 0.5) is 10.5 Å². The van der Waals surface area contributed by atoms with Crippen LogP contribution in [0.3, 0.4) is 0 Å². The topological polar surface area (TPSA) is 101 Å². The molecule has 0 fully saturated rings. The Labute approximate surface area is 139 Å². The first-order valence-electron chi connectivity index (χ1n) is 7.65. The maximum atomic E-state index is 12.1. The molecule has 0 spiro atoms. The number of H-pyrrole nitrogens is 1. The number of aryl methyl sites for hydroxylation is 1. The van der Waals surface area contributed by atoms with E-state index < -0.39 is 0 Å². The molecule has 8 heteroatoms. The highest BCUT2D eigenvalue weighted by Crippen LogP contribution is 2.12. The number of aromatic amines is 1. The van der Waals surface area contributed by atoms with Crippen molar-refractivity contribution in [1.29, 1.82) is 0 Å². The van der Waals surface area contributed by atoms with Crippen LogP contribution in [-0.4, -0.2) is 37.3 Å². The molecule has 0 bridgehead atoms. The lowest BCUT2D eigenvalue weighted by Gasteiger charge is -2.13. The van der Waals surface area contributed by atoms with Crippen molar-refractivity contribution in [3.8, 4) is 5.69 Å².